The Hall–Kier alpha value is -0.260. The highest BCUT2D eigenvalue weighted by Crippen LogP contribution is 2.70. The lowest BCUT2D eigenvalue weighted by Crippen LogP contribution is -2.09. The van der Waals surface area contributed by atoms with E-state index in [1.807, 2.05) is 0 Å². The summed E-state index contributed by atoms with van der Waals surface area (Å²) in [5.74, 6) is 6.12. The van der Waals surface area contributed by atoms with E-state index in [1.54, 1.807) is 12.0 Å². The molecular weight excluding hydrogens is 348 g/mol. The molecule has 0 amide bonds. The van der Waals surface area contributed by atoms with Crippen LogP contribution in [0.2, 0.25) is 0 Å². The Labute approximate surface area is 183 Å². The summed E-state index contributed by atoms with van der Waals surface area (Å²) in [6, 6.07) is 0. The molecule has 3 fully saturated rings. The van der Waals surface area contributed by atoms with Gasteiger partial charge >= 0.3 is 0 Å². The zero-order valence-corrected chi connectivity index (χ0v) is 20.9. The third kappa shape index (κ3) is 6.61. The van der Waals surface area contributed by atoms with Crippen LogP contribution in [-0.2, 0) is 0 Å². The van der Waals surface area contributed by atoms with Crippen molar-refractivity contribution in [1.82, 2.24) is 0 Å². The van der Waals surface area contributed by atoms with Gasteiger partial charge in [0.05, 0.1) is 0 Å². The molecule has 0 radical (unpaired) electrons. The minimum atomic E-state index is 0.716. The molecule has 0 N–H and O–H groups in total. The molecule has 0 heterocycles. The summed E-state index contributed by atoms with van der Waals surface area (Å²) in [7, 11) is 0. The smallest absolute Gasteiger partial charge is 0.0263 e. The monoisotopic (exact) mass is 400 g/mol. The Morgan fingerprint density at radius 1 is 0.966 bits per heavy atom. The van der Waals surface area contributed by atoms with Crippen molar-refractivity contribution < 1.29 is 0 Å². The fourth-order valence-corrected chi connectivity index (χ4v) is 6.94. The van der Waals surface area contributed by atoms with Crippen molar-refractivity contribution in [1.29, 1.82) is 0 Å². The van der Waals surface area contributed by atoms with Crippen molar-refractivity contribution >= 4 is 0 Å². The SMILES string of the molecule is CC(C)=C(C)CC(C)CC1CC1(C)C1CC1C(C)CCCCCCC1CCCC1. The first-order valence-corrected chi connectivity index (χ1v) is 13.4. The van der Waals surface area contributed by atoms with Crippen LogP contribution in [0.25, 0.3) is 0 Å². The average Bonchev–Trinajstić information content (AvgIpc) is 3.53. The first-order chi connectivity index (χ1) is 13.8. The summed E-state index contributed by atoms with van der Waals surface area (Å²) in [6.07, 6.45) is 21.0. The third-order valence-corrected chi connectivity index (χ3v) is 9.57. The van der Waals surface area contributed by atoms with E-state index >= 15 is 0 Å². The van der Waals surface area contributed by atoms with Crippen LogP contribution in [0.5, 0.6) is 0 Å². The Kier molecular flexibility index (Phi) is 8.37. The van der Waals surface area contributed by atoms with Gasteiger partial charge in [-0.1, -0.05) is 96.1 Å². The van der Waals surface area contributed by atoms with Crippen LogP contribution in [0.15, 0.2) is 11.1 Å². The van der Waals surface area contributed by atoms with E-state index in [0.29, 0.717) is 5.41 Å². The molecule has 29 heavy (non-hydrogen) atoms. The lowest BCUT2D eigenvalue weighted by molar-refractivity contribution is 0.328. The molecule has 3 aliphatic carbocycles. The summed E-state index contributed by atoms with van der Waals surface area (Å²) < 4.78 is 0. The topological polar surface area (TPSA) is 0 Å². The number of hydrogen-bond acceptors (Lipinski definition) is 0. The van der Waals surface area contributed by atoms with Crippen molar-refractivity contribution in [3.8, 4) is 0 Å². The summed E-state index contributed by atoms with van der Waals surface area (Å²) in [5.41, 5.74) is 3.87. The predicted octanol–water partition coefficient (Wildman–Crippen LogP) is 9.59. The second kappa shape index (κ2) is 10.4. The highest BCUT2D eigenvalue weighted by molar-refractivity contribution is 5.13. The van der Waals surface area contributed by atoms with Crippen molar-refractivity contribution in [2.75, 3.05) is 0 Å². The minimum absolute atomic E-state index is 0.716. The molecule has 0 aromatic heterocycles. The normalized spacial score (nSPS) is 33.5. The van der Waals surface area contributed by atoms with Crippen molar-refractivity contribution in [3.05, 3.63) is 11.1 Å². The quantitative estimate of drug-likeness (QED) is 0.213. The molecule has 0 aromatic carbocycles. The standard InChI is InChI=1S/C29H52/c1-21(2)24(5)17-22(3)18-26-20-29(26,6)28-19-27(28)23(4)13-9-7-8-10-14-25-15-11-12-16-25/h22-23,25-28H,7-20H2,1-6H3. The van der Waals surface area contributed by atoms with Crippen LogP contribution in [0.3, 0.4) is 0 Å². The van der Waals surface area contributed by atoms with Crippen molar-refractivity contribution in [2.24, 2.45) is 40.9 Å². The summed E-state index contributed by atoms with van der Waals surface area (Å²) >= 11 is 0. The van der Waals surface area contributed by atoms with E-state index in [2.05, 4.69) is 41.5 Å². The maximum atomic E-state index is 2.64. The van der Waals surface area contributed by atoms with Gasteiger partial charge < -0.3 is 0 Å². The Bertz CT molecular complexity index is 532. The molecule has 0 aliphatic heterocycles. The fraction of sp³-hybridized carbons (Fsp3) is 0.931. The van der Waals surface area contributed by atoms with Crippen molar-refractivity contribution in [3.63, 3.8) is 0 Å². The molecule has 6 unspecified atom stereocenters. The van der Waals surface area contributed by atoms with Crippen LogP contribution < -0.4 is 0 Å². The van der Waals surface area contributed by atoms with Gasteiger partial charge in [-0.25, -0.2) is 0 Å². The summed E-state index contributed by atoms with van der Waals surface area (Å²) in [6.45, 7) is 14.6. The molecule has 6 atom stereocenters. The molecule has 0 nitrogen and oxygen atoms in total. The van der Waals surface area contributed by atoms with Crippen LogP contribution in [0.1, 0.15) is 131 Å². The van der Waals surface area contributed by atoms with Crippen LogP contribution in [0.4, 0.5) is 0 Å². The van der Waals surface area contributed by atoms with E-state index in [-0.39, 0.29) is 0 Å². The van der Waals surface area contributed by atoms with Gasteiger partial charge in [-0.05, 0) is 87.4 Å². The second-order valence-electron chi connectivity index (χ2n) is 12.4. The highest BCUT2D eigenvalue weighted by atomic mass is 14.7. The van der Waals surface area contributed by atoms with Gasteiger partial charge in [0, 0.05) is 0 Å². The second-order valence-corrected chi connectivity index (χ2v) is 12.4. The van der Waals surface area contributed by atoms with E-state index < -0.39 is 0 Å². The summed E-state index contributed by atoms with van der Waals surface area (Å²) in [4.78, 5) is 0. The van der Waals surface area contributed by atoms with Crippen LogP contribution >= 0.6 is 0 Å². The Morgan fingerprint density at radius 2 is 1.66 bits per heavy atom. The Balaban J connectivity index is 1.26. The largest absolute Gasteiger partial charge is 0.0775 e. The first-order valence-electron chi connectivity index (χ1n) is 13.4. The summed E-state index contributed by atoms with van der Waals surface area (Å²) in [5, 5.41) is 0. The maximum Gasteiger partial charge on any atom is -0.0263 e. The first kappa shape index (κ1) is 23.4. The number of unbranched alkanes of at least 4 members (excludes halogenated alkanes) is 3. The molecule has 3 rings (SSSR count). The molecule has 0 bridgehead atoms. The minimum Gasteiger partial charge on any atom is -0.0775 e. The van der Waals surface area contributed by atoms with Crippen molar-refractivity contribution in [2.45, 2.75) is 131 Å². The van der Waals surface area contributed by atoms with Gasteiger partial charge in [0.1, 0.15) is 0 Å². The number of rotatable bonds is 13. The molecule has 0 saturated heterocycles. The molecular formula is C29H52. The van der Waals surface area contributed by atoms with Crippen LogP contribution in [0, 0.1) is 40.9 Å². The zero-order valence-electron chi connectivity index (χ0n) is 20.9. The fourth-order valence-electron chi connectivity index (χ4n) is 6.94. The molecule has 168 valence electrons. The third-order valence-electron chi connectivity index (χ3n) is 9.57. The maximum absolute atomic E-state index is 2.64. The van der Waals surface area contributed by atoms with Gasteiger partial charge in [0.25, 0.3) is 0 Å². The lowest BCUT2D eigenvalue weighted by Gasteiger charge is -2.18. The Morgan fingerprint density at radius 3 is 2.34 bits per heavy atom. The van der Waals surface area contributed by atoms with Gasteiger partial charge in [0.15, 0.2) is 0 Å². The van der Waals surface area contributed by atoms with E-state index in [4.69, 9.17) is 0 Å². The highest BCUT2D eigenvalue weighted by Gasteiger charge is 2.62. The van der Waals surface area contributed by atoms with Gasteiger partial charge in [-0.2, -0.15) is 0 Å². The van der Waals surface area contributed by atoms with Crippen LogP contribution in [-0.4, -0.2) is 0 Å². The molecule has 3 aliphatic rings. The molecule has 0 aromatic rings. The van der Waals surface area contributed by atoms with E-state index in [0.717, 1.165) is 35.5 Å². The average molecular weight is 401 g/mol. The van der Waals surface area contributed by atoms with Gasteiger partial charge in [0.2, 0.25) is 0 Å². The van der Waals surface area contributed by atoms with Gasteiger partial charge in [-0.3, -0.25) is 0 Å². The molecule has 3 saturated carbocycles. The zero-order chi connectivity index (χ0) is 21.0. The van der Waals surface area contributed by atoms with Gasteiger partial charge in [-0.15, -0.1) is 0 Å². The molecule has 0 spiro atoms. The number of allylic oxidation sites excluding steroid dienone is 2. The number of hydrogen-bond donors (Lipinski definition) is 0. The predicted molar refractivity (Wildman–Crippen MR) is 129 cm³/mol. The van der Waals surface area contributed by atoms with E-state index in [9.17, 15) is 0 Å². The molecule has 0 heteroatoms. The lowest BCUT2D eigenvalue weighted by atomic mass is 9.87. The van der Waals surface area contributed by atoms with E-state index in [1.165, 1.54) is 89.0 Å².